The van der Waals surface area contributed by atoms with Gasteiger partial charge in [-0.2, -0.15) is 0 Å². The molecule has 3 aromatic carbocycles. The molecule has 1 heterocycles. The lowest BCUT2D eigenvalue weighted by Gasteiger charge is -2.19. The van der Waals surface area contributed by atoms with Crippen LogP contribution in [0.25, 0.3) is 11.1 Å². The summed E-state index contributed by atoms with van der Waals surface area (Å²) in [5, 5.41) is 9.13. The molecule has 7 nitrogen and oxygen atoms in total. The number of sulfone groups is 1. The molecule has 0 saturated carbocycles. The molecule has 0 radical (unpaired) electrons. The molecule has 1 N–H and O–H groups in total. The summed E-state index contributed by atoms with van der Waals surface area (Å²) in [5.41, 5.74) is 6.16. The van der Waals surface area contributed by atoms with Gasteiger partial charge in [-0.25, -0.2) is 12.8 Å². The largest absolute Gasteiger partial charge is 0.493 e. The average Bonchev–Trinajstić information content (AvgIpc) is 3.44. The van der Waals surface area contributed by atoms with E-state index >= 15 is 4.39 Å². The maximum Gasteiger partial charge on any atom is 0.304 e. The molecule has 0 bridgehead atoms. The SMILES string of the molecule is Cc1cc(OCCS(C)(=O)=O)cc(C)c1-c1ccc(F)c2c1CC[C@H]2Oc1ccc2c(c1)OC[C@H]2CC(=O)O. The number of aryl methyl sites for hydroxylation is 2. The third kappa shape index (κ3) is 5.73. The first kappa shape index (κ1) is 27.0. The van der Waals surface area contributed by atoms with E-state index in [1.807, 2.05) is 38.1 Å². The molecule has 2 aliphatic rings. The van der Waals surface area contributed by atoms with Crippen LogP contribution >= 0.6 is 0 Å². The van der Waals surface area contributed by atoms with Gasteiger partial charge in [-0.05, 0) is 78.8 Å². The van der Waals surface area contributed by atoms with Crippen LogP contribution in [0.3, 0.4) is 0 Å². The first-order chi connectivity index (χ1) is 18.5. The molecule has 2 atom stereocenters. The number of aliphatic carboxylic acids is 1. The minimum atomic E-state index is -3.12. The van der Waals surface area contributed by atoms with Crippen LogP contribution < -0.4 is 14.2 Å². The number of hydrogen-bond acceptors (Lipinski definition) is 6. The Morgan fingerprint density at radius 2 is 1.85 bits per heavy atom. The fourth-order valence-corrected chi connectivity index (χ4v) is 6.03. The van der Waals surface area contributed by atoms with Gasteiger partial charge in [-0.3, -0.25) is 4.79 Å². The van der Waals surface area contributed by atoms with Gasteiger partial charge in [0.15, 0.2) is 9.84 Å². The fourth-order valence-electron chi connectivity index (χ4n) is 5.64. The van der Waals surface area contributed by atoms with Crippen molar-refractivity contribution < 1.29 is 36.9 Å². The summed E-state index contributed by atoms with van der Waals surface area (Å²) >= 11 is 0. The zero-order chi connectivity index (χ0) is 27.9. The van der Waals surface area contributed by atoms with Crippen molar-refractivity contribution in [3.05, 3.63) is 76.1 Å². The molecule has 0 saturated heterocycles. The number of fused-ring (bicyclic) bond motifs is 2. The zero-order valence-electron chi connectivity index (χ0n) is 22.1. The summed E-state index contributed by atoms with van der Waals surface area (Å²) in [6.07, 6.45) is 1.99. The first-order valence-corrected chi connectivity index (χ1v) is 14.9. The van der Waals surface area contributed by atoms with Gasteiger partial charge in [0.2, 0.25) is 0 Å². The van der Waals surface area contributed by atoms with Crippen LogP contribution in [0, 0.1) is 19.7 Å². The van der Waals surface area contributed by atoms with Crippen LogP contribution in [0.4, 0.5) is 4.39 Å². The van der Waals surface area contributed by atoms with Crippen molar-refractivity contribution in [2.75, 3.05) is 25.2 Å². The van der Waals surface area contributed by atoms with Crippen LogP contribution in [0.1, 0.15) is 52.7 Å². The van der Waals surface area contributed by atoms with E-state index in [1.165, 1.54) is 12.3 Å². The second kappa shape index (κ2) is 10.5. The average molecular weight is 555 g/mol. The van der Waals surface area contributed by atoms with E-state index in [0.29, 0.717) is 42.3 Å². The van der Waals surface area contributed by atoms with Crippen LogP contribution in [-0.4, -0.2) is 44.7 Å². The Morgan fingerprint density at radius 3 is 2.54 bits per heavy atom. The molecule has 39 heavy (non-hydrogen) atoms. The topological polar surface area (TPSA) is 99.1 Å². The number of halogens is 1. The van der Waals surface area contributed by atoms with E-state index in [2.05, 4.69) is 0 Å². The molecular weight excluding hydrogens is 523 g/mol. The van der Waals surface area contributed by atoms with Gasteiger partial charge in [-0.1, -0.05) is 12.1 Å². The molecule has 0 amide bonds. The smallest absolute Gasteiger partial charge is 0.304 e. The normalized spacial score (nSPS) is 17.8. The highest BCUT2D eigenvalue weighted by Gasteiger charge is 2.32. The molecule has 1 aliphatic heterocycles. The molecule has 3 aromatic rings. The van der Waals surface area contributed by atoms with Crippen LogP contribution in [-0.2, 0) is 21.1 Å². The lowest BCUT2D eigenvalue weighted by atomic mass is 9.90. The molecule has 5 rings (SSSR count). The maximum absolute atomic E-state index is 15.2. The van der Waals surface area contributed by atoms with Crippen molar-refractivity contribution in [3.8, 4) is 28.4 Å². The van der Waals surface area contributed by atoms with Crippen LogP contribution in [0.15, 0.2) is 42.5 Å². The number of carboxylic acids is 1. The molecule has 206 valence electrons. The summed E-state index contributed by atoms with van der Waals surface area (Å²) in [6.45, 7) is 4.32. The Labute approximate surface area is 227 Å². The van der Waals surface area contributed by atoms with Gasteiger partial charge in [0.05, 0.1) is 18.8 Å². The van der Waals surface area contributed by atoms with E-state index in [-0.39, 0.29) is 30.5 Å². The molecule has 1 aliphatic carbocycles. The number of hydrogen-bond donors (Lipinski definition) is 1. The molecule has 0 aromatic heterocycles. The third-order valence-corrected chi connectivity index (χ3v) is 8.25. The molecular formula is C30H31FO7S. The van der Waals surface area contributed by atoms with E-state index < -0.39 is 21.9 Å². The van der Waals surface area contributed by atoms with Crippen molar-refractivity contribution in [1.29, 1.82) is 0 Å². The van der Waals surface area contributed by atoms with E-state index in [0.717, 1.165) is 33.4 Å². The summed E-state index contributed by atoms with van der Waals surface area (Å²) in [6, 6.07) is 12.4. The monoisotopic (exact) mass is 554 g/mol. The van der Waals surface area contributed by atoms with E-state index in [4.69, 9.17) is 19.3 Å². The Hall–Kier alpha value is -3.59. The van der Waals surface area contributed by atoms with Gasteiger partial charge in [0, 0.05) is 29.4 Å². The quantitative estimate of drug-likeness (QED) is 0.370. The minimum Gasteiger partial charge on any atom is -0.493 e. The standard InChI is InChI=1S/C30H31FO7S/c1-17-12-21(36-10-11-39(3,34)35)13-18(2)29(17)23-6-8-25(31)30-24(23)7-9-26(30)38-20-4-5-22-19(14-28(32)33)16-37-27(22)15-20/h4-6,8,12-13,15,19,26H,7,9-11,14,16H2,1-3H3,(H,32,33)/t19-,26-/m1/s1. The number of benzene rings is 3. The van der Waals surface area contributed by atoms with Crippen molar-refractivity contribution in [3.63, 3.8) is 0 Å². The Bertz CT molecular complexity index is 1520. The Morgan fingerprint density at radius 1 is 1.10 bits per heavy atom. The summed E-state index contributed by atoms with van der Waals surface area (Å²) < 4.78 is 55.7. The van der Waals surface area contributed by atoms with Crippen molar-refractivity contribution >= 4 is 15.8 Å². The Kier molecular flexibility index (Phi) is 7.29. The van der Waals surface area contributed by atoms with E-state index in [1.54, 1.807) is 12.1 Å². The summed E-state index contributed by atoms with van der Waals surface area (Å²) in [4.78, 5) is 11.1. The zero-order valence-corrected chi connectivity index (χ0v) is 22.9. The minimum absolute atomic E-state index is 0.00375. The molecule has 0 spiro atoms. The second-order valence-electron chi connectivity index (χ2n) is 10.3. The highest BCUT2D eigenvalue weighted by Crippen LogP contribution is 2.45. The molecule has 0 unspecified atom stereocenters. The van der Waals surface area contributed by atoms with E-state index in [9.17, 15) is 13.2 Å². The van der Waals surface area contributed by atoms with Crippen molar-refractivity contribution in [1.82, 2.24) is 0 Å². The summed E-state index contributed by atoms with van der Waals surface area (Å²) in [5.74, 6) is 0.324. The lowest BCUT2D eigenvalue weighted by Crippen LogP contribution is -2.12. The van der Waals surface area contributed by atoms with Crippen LogP contribution in [0.2, 0.25) is 0 Å². The highest BCUT2D eigenvalue weighted by molar-refractivity contribution is 7.90. The molecule has 0 fully saturated rings. The number of rotatable bonds is 9. The molecule has 9 heteroatoms. The van der Waals surface area contributed by atoms with Crippen molar-refractivity contribution in [2.24, 2.45) is 0 Å². The Balaban J connectivity index is 1.39. The predicted molar refractivity (Wildman–Crippen MR) is 145 cm³/mol. The second-order valence-corrected chi connectivity index (χ2v) is 12.6. The van der Waals surface area contributed by atoms with Gasteiger partial charge in [-0.15, -0.1) is 0 Å². The van der Waals surface area contributed by atoms with Crippen LogP contribution in [0.5, 0.6) is 17.2 Å². The number of carboxylic acid groups (broad SMARTS) is 1. The maximum atomic E-state index is 15.2. The van der Waals surface area contributed by atoms with Gasteiger partial charge >= 0.3 is 5.97 Å². The number of carbonyl (C=O) groups is 1. The summed E-state index contributed by atoms with van der Waals surface area (Å²) in [7, 11) is -3.12. The fraction of sp³-hybridized carbons (Fsp3) is 0.367. The van der Waals surface area contributed by atoms with Gasteiger partial charge in [0.1, 0.15) is 35.8 Å². The first-order valence-electron chi connectivity index (χ1n) is 12.9. The highest BCUT2D eigenvalue weighted by atomic mass is 32.2. The van der Waals surface area contributed by atoms with Gasteiger partial charge < -0.3 is 19.3 Å². The number of ether oxygens (including phenoxy) is 3. The van der Waals surface area contributed by atoms with Gasteiger partial charge in [0.25, 0.3) is 0 Å². The van der Waals surface area contributed by atoms with Crippen molar-refractivity contribution in [2.45, 2.75) is 45.1 Å². The third-order valence-electron chi connectivity index (χ3n) is 7.35. The lowest BCUT2D eigenvalue weighted by molar-refractivity contribution is -0.137. The predicted octanol–water partition coefficient (Wildman–Crippen LogP) is 5.55.